The van der Waals surface area contributed by atoms with Crippen molar-refractivity contribution in [3.63, 3.8) is 0 Å². The Labute approximate surface area is 108 Å². The normalized spacial score (nSPS) is 16.6. The Bertz CT molecular complexity index is 331. The van der Waals surface area contributed by atoms with Crippen molar-refractivity contribution in [1.29, 1.82) is 0 Å². The van der Waals surface area contributed by atoms with Crippen molar-refractivity contribution in [1.82, 2.24) is 10.3 Å². The standard InChI is InChI=1S/C13H23N3S/c1-3-14-8-12-9-15-13(17-12)16(2)10-11-6-4-5-7-11/h9,11,14H,3-8,10H2,1-2H3. The molecule has 2 rings (SSSR count). The third-order valence-corrected chi connectivity index (χ3v) is 4.54. The Balaban J connectivity index is 1.85. The minimum Gasteiger partial charge on any atom is -0.351 e. The fourth-order valence-corrected chi connectivity index (χ4v) is 3.31. The van der Waals surface area contributed by atoms with E-state index in [1.807, 2.05) is 17.5 Å². The Hall–Kier alpha value is -0.610. The fourth-order valence-electron chi connectivity index (χ4n) is 2.46. The summed E-state index contributed by atoms with van der Waals surface area (Å²) in [4.78, 5) is 8.18. The van der Waals surface area contributed by atoms with Gasteiger partial charge in [-0.2, -0.15) is 0 Å². The maximum absolute atomic E-state index is 4.52. The van der Waals surface area contributed by atoms with E-state index in [-0.39, 0.29) is 0 Å². The van der Waals surface area contributed by atoms with Crippen molar-refractivity contribution in [2.45, 2.75) is 39.2 Å². The number of anilines is 1. The lowest BCUT2D eigenvalue weighted by Crippen LogP contribution is -2.23. The van der Waals surface area contributed by atoms with Gasteiger partial charge in [0.25, 0.3) is 0 Å². The van der Waals surface area contributed by atoms with Crippen LogP contribution in [-0.4, -0.2) is 25.1 Å². The van der Waals surface area contributed by atoms with Crippen molar-refractivity contribution in [3.05, 3.63) is 11.1 Å². The Morgan fingerprint density at radius 3 is 2.94 bits per heavy atom. The predicted octanol–water partition coefficient (Wildman–Crippen LogP) is 2.88. The fraction of sp³-hybridized carbons (Fsp3) is 0.769. The molecule has 1 aromatic heterocycles. The van der Waals surface area contributed by atoms with Crippen LogP contribution in [0.2, 0.25) is 0 Å². The summed E-state index contributed by atoms with van der Waals surface area (Å²) in [5, 5.41) is 4.51. The van der Waals surface area contributed by atoms with Gasteiger partial charge in [-0.25, -0.2) is 4.98 Å². The molecule has 0 amide bonds. The molecule has 0 unspecified atom stereocenters. The highest BCUT2D eigenvalue weighted by Gasteiger charge is 2.18. The highest BCUT2D eigenvalue weighted by molar-refractivity contribution is 7.15. The van der Waals surface area contributed by atoms with Gasteiger partial charge in [0.1, 0.15) is 0 Å². The number of thiazole rings is 1. The summed E-state index contributed by atoms with van der Waals surface area (Å²) in [6.07, 6.45) is 7.65. The summed E-state index contributed by atoms with van der Waals surface area (Å²) in [5.74, 6) is 0.890. The van der Waals surface area contributed by atoms with Crippen LogP contribution in [0.4, 0.5) is 5.13 Å². The van der Waals surface area contributed by atoms with Crippen LogP contribution >= 0.6 is 11.3 Å². The quantitative estimate of drug-likeness (QED) is 0.845. The smallest absolute Gasteiger partial charge is 0.185 e. The third-order valence-electron chi connectivity index (χ3n) is 3.42. The molecule has 0 radical (unpaired) electrons. The zero-order valence-electron chi connectivity index (χ0n) is 10.9. The number of rotatable bonds is 6. The first-order valence-electron chi connectivity index (χ1n) is 6.66. The van der Waals surface area contributed by atoms with Gasteiger partial charge in [0.2, 0.25) is 0 Å². The van der Waals surface area contributed by atoms with E-state index < -0.39 is 0 Å². The van der Waals surface area contributed by atoms with Gasteiger partial charge in [0.05, 0.1) is 0 Å². The van der Waals surface area contributed by atoms with Crippen molar-refractivity contribution >= 4 is 16.5 Å². The van der Waals surface area contributed by atoms with Gasteiger partial charge in [-0.1, -0.05) is 19.8 Å². The van der Waals surface area contributed by atoms with Crippen LogP contribution in [0.15, 0.2) is 6.20 Å². The molecule has 0 spiro atoms. The summed E-state index contributed by atoms with van der Waals surface area (Å²) in [7, 11) is 2.17. The van der Waals surface area contributed by atoms with Gasteiger partial charge < -0.3 is 10.2 Å². The SMILES string of the molecule is CCNCc1cnc(N(C)CC2CCCC2)s1. The lowest BCUT2D eigenvalue weighted by molar-refractivity contribution is 0.546. The molecule has 1 saturated carbocycles. The highest BCUT2D eigenvalue weighted by atomic mass is 32.1. The highest BCUT2D eigenvalue weighted by Crippen LogP contribution is 2.28. The van der Waals surface area contributed by atoms with E-state index in [1.54, 1.807) is 0 Å². The average molecular weight is 253 g/mol. The first-order chi connectivity index (χ1) is 8.29. The number of hydrogen-bond acceptors (Lipinski definition) is 4. The van der Waals surface area contributed by atoms with Gasteiger partial charge in [-0.15, -0.1) is 11.3 Å². The zero-order valence-corrected chi connectivity index (χ0v) is 11.7. The van der Waals surface area contributed by atoms with Crippen LogP contribution in [0.5, 0.6) is 0 Å². The molecule has 0 atom stereocenters. The topological polar surface area (TPSA) is 28.2 Å². The minimum absolute atomic E-state index is 0.890. The summed E-state index contributed by atoms with van der Waals surface area (Å²) in [6, 6.07) is 0. The number of aromatic nitrogens is 1. The van der Waals surface area contributed by atoms with Crippen molar-refractivity contribution < 1.29 is 0 Å². The van der Waals surface area contributed by atoms with Gasteiger partial charge >= 0.3 is 0 Å². The molecule has 1 aliphatic rings. The second kappa shape index (κ2) is 6.36. The van der Waals surface area contributed by atoms with E-state index in [9.17, 15) is 0 Å². The van der Waals surface area contributed by atoms with Gasteiger partial charge in [-0.05, 0) is 25.3 Å². The molecule has 1 N–H and O–H groups in total. The van der Waals surface area contributed by atoms with E-state index in [0.29, 0.717) is 0 Å². The molecule has 1 aromatic rings. The first-order valence-corrected chi connectivity index (χ1v) is 7.47. The molecule has 1 fully saturated rings. The second-order valence-corrected chi connectivity index (χ2v) is 6.01. The molecule has 1 aliphatic carbocycles. The number of nitrogens with zero attached hydrogens (tertiary/aromatic N) is 2. The van der Waals surface area contributed by atoms with E-state index in [4.69, 9.17) is 0 Å². The molecule has 0 bridgehead atoms. The van der Waals surface area contributed by atoms with Crippen molar-refractivity contribution in [3.8, 4) is 0 Å². The van der Waals surface area contributed by atoms with Crippen LogP contribution in [-0.2, 0) is 6.54 Å². The van der Waals surface area contributed by atoms with Crippen molar-refractivity contribution in [2.75, 3.05) is 25.0 Å². The summed E-state index contributed by atoms with van der Waals surface area (Å²) in [5.41, 5.74) is 0. The Kier molecular flexibility index (Phi) is 4.80. The third kappa shape index (κ3) is 3.68. The van der Waals surface area contributed by atoms with E-state index in [0.717, 1.165) is 19.0 Å². The number of hydrogen-bond donors (Lipinski definition) is 1. The minimum atomic E-state index is 0.890. The van der Waals surface area contributed by atoms with Crippen LogP contribution in [0.3, 0.4) is 0 Å². The Morgan fingerprint density at radius 2 is 2.24 bits per heavy atom. The van der Waals surface area contributed by atoms with Crippen LogP contribution in [0, 0.1) is 5.92 Å². The molecule has 0 saturated heterocycles. The van der Waals surface area contributed by atoms with Crippen LogP contribution < -0.4 is 10.2 Å². The molecule has 3 nitrogen and oxygen atoms in total. The van der Waals surface area contributed by atoms with Crippen molar-refractivity contribution in [2.24, 2.45) is 5.92 Å². The molecular formula is C13H23N3S. The van der Waals surface area contributed by atoms with Crippen LogP contribution in [0.25, 0.3) is 0 Å². The van der Waals surface area contributed by atoms with E-state index in [2.05, 4.69) is 29.2 Å². The molecule has 0 aromatic carbocycles. The van der Waals surface area contributed by atoms with Gasteiger partial charge in [0, 0.05) is 31.2 Å². The summed E-state index contributed by atoms with van der Waals surface area (Å²) >= 11 is 1.82. The first kappa shape index (κ1) is 12.8. The molecule has 17 heavy (non-hydrogen) atoms. The second-order valence-electron chi connectivity index (χ2n) is 4.92. The zero-order chi connectivity index (χ0) is 12.1. The van der Waals surface area contributed by atoms with E-state index >= 15 is 0 Å². The Morgan fingerprint density at radius 1 is 1.47 bits per heavy atom. The van der Waals surface area contributed by atoms with Gasteiger partial charge in [-0.3, -0.25) is 0 Å². The average Bonchev–Trinajstić information content (AvgIpc) is 2.96. The molecule has 0 aliphatic heterocycles. The number of nitrogens with one attached hydrogen (secondary N) is 1. The lowest BCUT2D eigenvalue weighted by atomic mass is 10.1. The largest absolute Gasteiger partial charge is 0.351 e. The predicted molar refractivity (Wildman–Crippen MR) is 74.7 cm³/mol. The monoisotopic (exact) mass is 253 g/mol. The van der Waals surface area contributed by atoms with Crippen LogP contribution in [0.1, 0.15) is 37.5 Å². The summed E-state index contributed by atoms with van der Waals surface area (Å²) < 4.78 is 0. The van der Waals surface area contributed by atoms with E-state index in [1.165, 1.54) is 42.2 Å². The summed E-state index contributed by atoms with van der Waals surface area (Å²) in [6.45, 7) is 5.28. The molecule has 4 heteroatoms. The van der Waals surface area contributed by atoms with Gasteiger partial charge in [0.15, 0.2) is 5.13 Å². The maximum atomic E-state index is 4.52. The maximum Gasteiger partial charge on any atom is 0.185 e. The molecule has 1 heterocycles. The molecule has 96 valence electrons. The molecular weight excluding hydrogens is 230 g/mol. The lowest BCUT2D eigenvalue weighted by Gasteiger charge is -2.19.